The Morgan fingerprint density at radius 2 is 1.74 bits per heavy atom. The van der Waals surface area contributed by atoms with Crippen LogP contribution in [-0.4, -0.2) is 15.7 Å². The molecule has 0 bridgehead atoms. The Balaban J connectivity index is 1.87. The molecule has 1 heterocycles. The van der Waals surface area contributed by atoms with Crippen molar-refractivity contribution >= 4 is 22.6 Å². The predicted molar refractivity (Wildman–Crippen MR) is 90.3 cm³/mol. The number of fused-ring (bicyclic) bond motifs is 1. The minimum Gasteiger partial charge on any atom is -0.307 e. The van der Waals surface area contributed by atoms with E-state index >= 15 is 0 Å². The van der Waals surface area contributed by atoms with Gasteiger partial charge in [-0.3, -0.25) is 4.79 Å². The minimum atomic E-state index is -0.504. The highest BCUT2D eigenvalue weighted by Gasteiger charge is 2.10. The number of nitrogens with zero attached hydrogens (tertiary/aromatic N) is 2. The molecule has 0 saturated heterocycles. The molecule has 0 saturated carbocycles. The molecule has 0 fully saturated rings. The van der Waals surface area contributed by atoms with Crippen LogP contribution in [0.4, 0.5) is 10.5 Å². The Hall–Kier alpha value is -3.15. The van der Waals surface area contributed by atoms with Crippen molar-refractivity contribution in [1.82, 2.24) is 9.66 Å². The molecule has 0 aliphatic carbocycles. The van der Waals surface area contributed by atoms with E-state index in [4.69, 9.17) is 0 Å². The Bertz CT molecular complexity index is 929. The van der Waals surface area contributed by atoms with E-state index in [1.165, 1.54) is 0 Å². The Kier molecular flexibility index (Phi) is 3.80. The van der Waals surface area contributed by atoms with Gasteiger partial charge < -0.3 is 5.32 Å². The van der Waals surface area contributed by atoms with Crippen molar-refractivity contribution in [3.63, 3.8) is 0 Å². The maximum atomic E-state index is 12.5. The second-order valence-corrected chi connectivity index (χ2v) is 5.25. The van der Waals surface area contributed by atoms with Crippen molar-refractivity contribution in [2.75, 3.05) is 10.7 Å². The molecule has 2 N–H and O–H groups in total. The number of para-hydroxylation sites is 1. The number of carbonyl (C=O) groups is 1. The molecule has 3 rings (SSSR count). The number of carbonyl (C=O) groups excluding carboxylic acids is 1. The van der Waals surface area contributed by atoms with Crippen LogP contribution in [0.5, 0.6) is 0 Å². The third-order valence-electron chi connectivity index (χ3n) is 3.47. The summed E-state index contributed by atoms with van der Waals surface area (Å²) in [5.74, 6) is 0.410. The predicted octanol–water partition coefficient (Wildman–Crippen LogP) is 2.79. The fourth-order valence-corrected chi connectivity index (χ4v) is 2.27. The zero-order valence-corrected chi connectivity index (χ0v) is 12.8. The third kappa shape index (κ3) is 3.06. The summed E-state index contributed by atoms with van der Waals surface area (Å²) >= 11 is 0. The molecule has 0 radical (unpaired) electrons. The summed E-state index contributed by atoms with van der Waals surface area (Å²) in [5.41, 5.74) is 4.56. The number of benzene rings is 2. The second-order valence-electron chi connectivity index (χ2n) is 5.25. The average molecular weight is 308 g/mol. The maximum absolute atomic E-state index is 12.5. The Morgan fingerprint density at radius 3 is 2.48 bits per heavy atom. The lowest BCUT2D eigenvalue weighted by Gasteiger charge is -2.13. The second kappa shape index (κ2) is 5.92. The number of aryl methyl sites for hydroxylation is 2. The largest absolute Gasteiger partial charge is 0.338 e. The quantitative estimate of drug-likeness (QED) is 0.764. The monoisotopic (exact) mass is 308 g/mol. The molecule has 3 aromatic rings. The molecule has 0 unspecified atom stereocenters. The molecule has 116 valence electrons. The summed E-state index contributed by atoms with van der Waals surface area (Å²) in [6.45, 7) is 3.63. The van der Waals surface area contributed by atoms with Gasteiger partial charge in [0.2, 0.25) is 0 Å². The van der Waals surface area contributed by atoms with Crippen molar-refractivity contribution in [2.45, 2.75) is 13.8 Å². The smallest absolute Gasteiger partial charge is 0.307 e. The van der Waals surface area contributed by atoms with E-state index in [1.54, 1.807) is 37.3 Å². The fourth-order valence-electron chi connectivity index (χ4n) is 2.27. The lowest BCUT2D eigenvalue weighted by atomic mass is 10.2. The van der Waals surface area contributed by atoms with Crippen LogP contribution in [0, 0.1) is 13.8 Å². The molecule has 0 aliphatic heterocycles. The van der Waals surface area contributed by atoms with Crippen LogP contribution < -0.4 is 16.3 Å². The first kappa shape index (κ1) is 14.8. The highest BCUT2D eigenvalue weighted by molar-refractivity contribution is 5.95. The molecule has 23 heavy (non-hydrogen) atoms. The summed E-state index contributed by atoms with van der Waals surface area (Å²) in [4.78, 5) is 28.9. The third-order valence-corrected chi connectivity index (χ3v) is 3.47. The van der Waals surface area contributed by atoms with E-state index in [-0.39, 0.29) is 5.56 Å². The van der Waals surface area contributed by atoms with Crippen LogP contribution in [-0.2, 0) is 0 Å². The van der Waals surface area contributed by atoms with Gasteiger partial charge in [0.15, 0.2) is 0 Å². The first-order valence-electron chi connectivity index (χ1n) is 7.17. The Labute approximate surface area is 132 Å². The molecule has 2 amide bonds. The summed E-state index contributed by atoms with van der Waals surface area (Å²) in [5, 5.41) is 3.14. The van der Waals surface area contributed by atoms with Gasteiger partial charge in [-0.1, -0.05) is 29.8 Å². The van der Waals surface area contributed by atoms with Crippen LogP contribution >= 0.6 is 0 Å². The molecule has 6 nitrogen and oxygen atoms in total. The first-order valence-corrected chi connectivity index (χ1v) is 7.17. The van der Waals surface area contributed by atoms with Gasteiger partial charge in [-0.25, -0.2) is 19.9 Å². The van der Waals surface area contributed by atoms with Gasteiger partial charge in [0, 0.05) is 5.69 Å². The normalized spacial score (nSPS) is 10.5. The van der Waals surface area contributed by atoms with Crippen LogP contribution in [0.2, 0.25) is 0 Å². The molecule has 0 spiro atoms. The number of urea groups is 1. The lowest BCUT2D eigenvalue weighted by molar-refractivity contribution is 0.259. The van der Waals surface area contributed by atoms with E-state index in [2.05, 4.69) is 15.7 Å². The molecular weight excluding hydrogens is 292 g/mol. The standard InChI is InChI=1S/C17H16N4O2/c1-11-7-9-13(10-8-11)19-17(23)20-21-12(2)18-15-6-4-3-5-14(15)16(21)22/h3-10H,1-2H3,(H2,19,20,23). The fraction of sp³-hybridized carbons (Fsp3) is 0.118. The number of amides is 2. The van der Waals surface area contributed by atoms with Gasteiger partial charge >= 0.3 is 6.03 Å². The van der Waals surface area contributed by atoms with Gasteiger partial charge in [-0.05, 0) is 38.1 Å². The van der Waals surface area contributed by atoms with E-state index in [0.29, 0.717) is 22.4 Å². The van der Waals surface area contributed by atoms with Crippen molar-refractivity contribution in [1.29, 1.82) is 0 Å². The topological polar surface area (TPSA) is 76.0 Å². The lowest BCUT2D eigenvalue weighted by Crippen LogP contribution is -2.37. The zero-order chi connectivity index (χ0) is 16.4. The number of nitrogens with one attached hydrogen (secondary N) is 2. The summed E-state index contributed by atoms with van der Waals surface area (Å²) in [6, 6.07) is 13.9. The van der Waals surface area contributed by atoms with E-state index in [1.807, 2.05) is 25.1 Å². The van der Waals surface area contributed by atoms with Crippen LogP contribution in [0.1, 0.15) is 11.4 Å². The SMILES string of the molecule is Cc1ccc(NC(=O)Nn2c(C)nc3ccccc3c2=O)cc1. The maximum Gasteiger partial charge on any atom is 0.338 e. The highest BCUT2D eigenvalue weighted by atomic mass is 16.2. The minimum absolute atomic E-state index is 0.313. The van der Waals surface area contributed by atoms with Gasteiger partial charge in [0.05, 0.1) is 10.9 Å². The van der Waals surface area contributed by atoms with Crippen molar-refractivity contribution in [2.24, 2.45) is 0 Å². The van der Waals surface area contributed by atoms with Gasteiger partial charge in [0.1, 0.15) is 5.82 Å². The van der Waals surface area contributed by atoms with E-state index in [9.17, 15) is 9.59 Å². The average Bonchev–Trinajstić information content (AvgIpc) is 2.54. The number of aromatic nitrogens is 2. The van der Waals surface area contributed by atoms with Gasteiger partial charge in [0.25, 0.3) is 5.56 Å². The van der Waals surface area contributed by atoms with Crippen LogP contribution in [0.15, 0.2) is 53.3 Å². The summed E-state index contributed by atoms with van der Waals surface area (Å²) in [7, 11) is 0. The summed E-state index contributed by atoms with van der Waals surface area (Å²) in [6.07, 6.45) is 0. The number of hydrogen-bond donors (Lipinski definition) is 2. The van der Waals surface area contributed by atoms with Crippen molar-refractivity contribution in [3.05, 3.63) is 70.3 Å². The van der Waals surface area contributed by atoms with Crippen LogP contribution in [0.25, 0.3) is 10.9 Å². The number of rotatable bonds is 2. The first-order chi connectivity index (χ1) is 11.0. The number of hydrogen-bond acceptors (Lipinski definition) is 3. The van der Waals surface area contributed by atoms with E-state index in [0.717, 1.165) is 10.2 Å². The molecular formula is C17H16N4O2. The molecule has 6 heteroatoms. The highest BCUT2D eigenvalue weighted by Crippen LogP contribution is 2.09. The molecule has 1 aromatic heterocycles. The van der Waals surface area contributed by atoms with E-state index < -0.39 is 6.03 Å². The van der Waals surface area contributed by atoms with Crippen molar-refractivity contribution in [3.8, 4) is 0 Å². The van der Waals surface area contributed by atoms with Gasteiger partial charge in [-0.2, -0.15) is 0 Å². The zero-order valence-electron chi connectivity index (χ0n) is 12.8. The van der Waals surface area contributed by atoms with Crippen LogP contribution in [0.3, 0.4) is 0 Å². The Morgan fingerprint density at radius 1 is 1.04 bits per heavy atom. The molecule has 0 atom stereocenters. The summed E-state index contributed by atoms with van der Waals surface area (Å²) < 4.78 is 1.14. The van der Waals surface area contributed by atoms with Gasteiger partial charge in [-0.15, -0.1) is 0 Å². The molecule has 0 aliphatic rings. The molecule has 2 aromatic carbocycles. The number of anilines is 1. The van der Waals surface area contributed by atoms with Crippen molar-refractivity contribution < 1.29 is 4.79 Å².